The normalized spacial score (nSPS) is 13.4. The highest BCUT2D eigenvalue weighted by atomic mass is 32.1. The second-order valence-corrected chi connectivity index (χ2v) is 4.74. The summed E-state index contributed by atoms with van der Waals surface area (Å²) in [6.45, 7) is 4.39. The summed E-state index contributed by atoms with van der Waals surface area (Å²) < 4.78 is 0. The van der Waals surface area contributed by atoms with Crippen LogP contribution in [0.2, 0.25) is 0 Å². The van der Waals surface area contributed by atoms with Crippen molar-refractivity contribution in [3.05, 3.63) is 21.9 Å². The van der Waals surface area contributed by atoms with Crippen LogP contribution < -0.4 is 0 Å². The van der Waals surface area contributed by atoms with E-state index in [0.29, 0.717) is 5.92 Å². The van der Waals surface area contributed by atoms with E-state index in [4.69, 9.17) is 0 Å². The fourth-order valence-corrected chi connectivity index (χ4v) is 2.19. The van der Waals surface area contributed by atoms with E-state index >= 15 is 0 Å². The molecule has 0 aliphatic carbocycles. The fourth-order valence-electron chi connectivity index (χ4n) is 1.00. The number of rotatable bonds is 3. The molecule has 0 radical (unpaired) electrons. The summed E-state index contributed by atoms with van der Waals surface area (Å²) in [5.41, 5.74) is 0. The minimum Gasteiger partial charge on any atom is -0.179 e. The lowest BCUT2D eigenvalue weighted by Crippen LogP contribution is -1.98. The van der Waals surface area contributed by atoms with Crippen LogP contribution in [0.4, 0.5) is 0 Å². The van der Waals surface area contributed by atoms with Gasteiger partial charge in [0.05, 0.1) is 0 Å². The lowest BCUT2D eigenvalue weighted by Gasteiger charge is -2.03. The quantitative estimate of drug-likeness (QED) is 0.689. The van der Waals surface area contributed by atoms with Crippen LogP contribution in [-0.4, -0.2) is 5.75 Å². The topological polar surface area (TPSA) is 0 Å². The van der Waals surface area contributed by atoms with Crippen LogP contribution >= 0.6 is 24.0 Å². The summed E-state index contributed by atoms with van der Waals surface area (Å²) in [6.07, 6.45) is 1.18. The first-order chi connectivity index (χ1) is 5.22. The largest absolute Gasteiger partial charge is 0.179 e. The number of hydrogen-bond acceptors (Lipinski definition) is 2. The van der Waals surface area contributed by atoms with Crippen molar-refractivity contribution in [3.8, 4) is 0 Å². The molecule has 1 atom stereocenters. The highest BCUT2D eigenvalue weighted by Gasteiger charge is 2.02. The second-order valence-electron chi connectivity index (χ2n) is 3.00. The van der Waals surface area contributed by atoms with Crippen LogP contribution in [0.1, 0.15) is 16.7 Å². The molecular formula is C9H14S2. The van der Waals surface area contributed by atoms with Gasteiger partial charge in [-0.25, -0.2) is 0 Å². The van der Waals surface area contributed by atoms with E-state index in [9.17, 15) is 0 Å². The molecule has 0 aliphatic heterocycles. The Bertz CT molecular complexity index is 215. The zero-order chi connectivity index (χ0) is 8.27. The van der Waals surface area contributed by atoms with Crippen molar-refractivity contribution in [3.63, 3.8) is 0 Å². The molecule has 0 fully saturated rings. The Morgan fingerprint density at radius 3 is 2.73 bits per heavy atom. The van der Waals surface area contributed by atoms with E-state index in [1.165, 1.54) is 16.2 Å². The smallest absolute Gasteiger partial charge is 0.00510 e. The van der Waals surface area contributed by atoms with Gasteiger partial charge in [0.2, 0.25) is 0 Å². The third-order valence-corrected chi connectivity index (χ3v) is 3.30. The molecule has 0 spiro atoms. The summed E-state index contributed by atoms with van der Waals surface area (Å²) in [5.74, 6) is 1.69. The molecule has 0 nitrogen and oxygen atoms in total. The Kier molecular flexibility index (Phi) is 3.46. The van der Waals surface area contributed by atoms with Gasteiger partial charge in [0.25, 0.3) is 0 Å². The highest BCUT2D eigenvalue weighted by Crippen LogP contribution is 2.18. The third-order valence-electron chi connectivity index (χ3n) is 1.66. The van der Waals surface area contributed by atoms with Gasteiger partial charge < -0.3 is 0 Å². The summed E-state index contributed by atoms with van der Waals surface area (Å²) in [4.78, 5) is 2.90. The Hall–Kier alpha value is 0.0500. The molecule has 1 aromatic heterocycles. The van der Waals surface area contributed by atoms with Gasteiger partial charge in [-0.05, 0) is 37.1 Å². The van der Waals surface area contributed by atoms with Crippen LogP contribution in [0.25, 0.3) is 0 Å². The molecular weight excluding hydrogens is 172 g/mol. The molecule has 1 rings (SSSR count). The fraction of sp³-hybridized carbons (Fsp3) is 0.556. The summed E-state index contributed by atoms with van der Waals surface area (Å²) in [6, 6.07) is 4.41. The Morgan fingerprint density at radius 1 is 1.55 bits per heavy atom. The Labute approximate surface area is 78.1 Å². The van der Waals surface area contributed by atoms with Crippen LogP contribution in [0.15, 0.2) is 12.1 Å². The van der Waals surface area contributed by atoms with Gasteiger partial charge in [-0.3, -0.25) is 0 Å². The first-order valence-electron chi connectivity index (χ1n) is 3.88. The van der Waals surface area contributed by atoms with Gasteiger partial charge in [-0.1, -0.05) is 6.92 Å². The van der Waals surface area contributed by atoms with Crippen molar-refractivity contribution in [1.29, 1.82) is 0 Å². The molecule has 0 saturated heterocycles. The van der Waals surface area contributed by atoms with Gasteiger partial charge in [-0.2, -0.15) is 12.6 Å². The van der Waals surface area contributed by atoms with Crippen LogP contribution in [-0.2, 0) is 6.42 Å². The molecule has 1 unspecified atom stereocenters. The van der Waals surface area contributed by atoms with E-state index in [-0.39, 0.29) is 0 Å². The molecule has 2 heteroatoms. The maximum absolute atomic E-state index is 4.26. The molecule has 1 aromatic rings. The first-order valence-corrected chi connectivity index (χ1v) is 5.33. The van der Waals surface area contributed by atoms with Gasteiger partial charge in [0.15, 0.2) is 0 Å². The molecule has 0 N–H and O–H groups in total. The van der Waals surface area contributed by atoms with Gasteiger partial charge in [0, 0.05) is 9.75 Å². The van der Waals surface area contributed by atoms with Crippen molar-refractivity contribution in [2.75, 3.05) is 5.75 Å². The van der Waals surface area contributed by atoms with Crippen molar-refractivity contribution in [2.45, 2.75) is 20.3 Å². The van der Waals surface area contributed by atoms with Gasteiger partial charge in [0.1, 0.15) is 0 Å². The molecule has 0 aliphatic rings. The Morgan fingerprint density at radius 2 is 2.27 bits per heavy atom. The summed E-state index contributed by atoms with van der Waals surface area (Å²) in [5, 5.41) is 0. The second kappa shape index (κ2) is 4.17. The van der Waals surface area contributed by atoms with E-state index in [1.807, 2.05) is 11.3 Å². The van der Waals surface area contributed by atoms with Crippen LogP contribution in [0, 0.1) is 12.8 Å². The van der Waals surface area contributed by atoms with E-state index < -0.39 is 0 Å². The average molecular weight is 186 g/mol. The molecule has 0 bridgehead atoms. The number of hydrogen-bond donors (Lipinski definition) is 1. The SMILES string of the molecule is Cc1ccc(CC(C)CS)s1. The van der Waals surface area contributed by atoms with E-state index in [1.54, 1.807) is 0 Å². The minimum absolute atomic E-state index is 0.705. The maximum Gasteiger partial charge on any atom is 0.00510 e. The Balaban J connectivity index is 2.50. The van der Waals surface area contributed by atoms with E-state index in [2.05, 4.69) is 38.6 Å². The highest BCUT2D eigenvalue weighted by molar-refractivity contribution is 7.80. The number of thiophene rings is 1. The molecule has 62 valence electrons. The van der Waals surface area contributed by atoms with Crippen molar-refractivity contribution < 1.29 is 0 Å². The van der Waals surface area contributed by atoms with Crippen molar-refractivity contribution >= 4 is 24.0 Å². The van der Waals surface area contributed by atoms with Gasteiger partial charge in [-0.15, -0.1) is 11.3 Å². The van der Waals surface area contributed by atoms with Crippen LogP contribution in [0.3, 0.4) is 0 Å². The lowest BCUT2D eigenvalue weighted by atomic mass is 10.1. The predicted molar refractivity (Wildman–Crippen MR) is 55.8 cm³/mol. The molecule has 1 heterocycles. The summed E-state index contributed by atoms with van der Waals surface area (Å²) >= 11 is 6.15. The number of aryl methyl sites for hydroxylation is 1. The van der Waals surface area contributed by atoms with Crippen molar-refractivity contribution in [1.82, 2.24) is 0 Å². The predicted octanol–water partition coefficient (Wildman–Crippen LogP) is 3.16. The monoisotopic (exact) mass is 186 g/mol. The van der Waals surface area contributed by atoms with E-state index in [0.717, 1.165) is 5.75 Å². The summed E-state index contributed by atoms with van der Waals surface area (Å²) in [7, 11) is 0. The number of thiol groups is 1. The minimum atomic E-state index is 0.705. The van der Waals surface area contributed by atoms with Gasteiger partial charge >= 0.3 is 0 Å². The first kappa shape index (κ1) is 9.14. The average Bonchev–Trinajstić information content (AvgIpc) is 2.35. The molecule has 11 heavy (non-hydrogen) atoms. The molecule has 0 amide bonds. The van der Waals surface area contributed by atoms with Crippen molar-refractivity contribution in [2.24, 2.45) is 5.92 Å². The van der Waals surface area contributed by atoms with Crippen LogP contribution in [0.5, 0.6) is 0 Å². The molecule has 0 aromatic carbocycles. The third kappa shape index (κ3) is 2.88. The standard InChI is InChI=1S/C9H14S2/c1-7(6-10)5-9-4-3-8(2)11-9/h3-4,7,10H,5-6H2,1-2H3. The zero-order valence-corrected chi connectivity index (χ0v) is 8.71. The molecule has 0 saturated carbocycles. The maximum atomic E-state index is 4.26. The zero-order valence-electron chi connectivity index (χ0n) is 7.00. The lowest BCUT2D eigenvalue weighted by molar-refractivity contribution is 0.668.